The molecule has 2 rings (SSSR count). The number of ether oxygens (including phenoxy) is 1. The van der Waals surface area contributed by atoms with Crippen molar-refractivity contribution in [3.63, 3.8) is 0 Å². The summed E-state index contributed by atoms with van der Waals surface area (Å²) >= 11 is 0. The summed E-state index contributed by atoms with van der Waals surface area (Å²) in [6, 6.07) is 8.92. The third-order valence-corrected chi connectivity index (χ3v) is 4.32. The van der Waals surface area contributed by atoms with Gasteiger partial charge in [-0.1, -0.05) is 25.0 Å². The molecule has 1 saturated heterocycles. The van der Waals surface area contributed by atoms with Crippen LogP contribution in [0.3, 0.4) is 0 Å². The van der Waals surface area contributed by atoms with Crippen molar-refractivity contribution in [2.45, 2.75) is 45.1 Å². The number of nitrogens with zero attached hydrogens (tertiary/aromatic N) is 1. The Morgan fingerprint density at radius 2 is 1.76 bits per heavy atom. The van der Waals surface area contributed by atoms with Crippen molar-refractivity contribution in [2.24, 2.45) is 0 Å². The molecule has 1 aromatic carbocycles. The number of methoxy groups -OCH3 is 1. The number of likely N-dealkylation sites (tertiary alicyclic amines) is 1. The summed E-state index contributed by atoms with van der Waals surface area (Å²) in [5, 5.41) is 3.65. The molecule has 1 aliphatic heterocycles. The highest BCUT2D eigenvalue weighted by Crippen LogP contribution is 2.12. The highest BCUT2D eigenvalue weighted by Gasteiger charge is 2.09. The fraction of sp³-hybridized carbons (Fsp3) is 0.667. The molecule has 0 amide bonds. The van der Waals surface area contributed by atoms with E-state index >= 15 is 0 Å². The van der Waals surface area contributed by atoms with E-state index in [0.29, 0.717) is 6.04 Å². The minimum atomic E-state index is 0.519. The van der Waals surface area contributed by atoms with E-state index in [-0.39, 0.29) is 0 Å². The maximum Gasteiger partial charge on any atom is 0.118 e. The van der Waals surface area contributed by atoms with Crippen LogP contribution < -0.4 is 10.1 Å². The summed E-state index contributed by atoms with van der Waals surface area (Å²) in [4.78, 5) is 2.61. The van der Waals surface area contributed by atoms with Crippen molar-refractivity contribution in [3.05, 3.63) is 29.8 Å². The van der Waals surface area contributed by atoms with Gasteiger partial charge in [-0.15, -0.1) is 0 Å². The van der Waals surface area contributed by atoms with Crippen molar-refractivity contribution in [3.8, 4) is 5.75 Å². The van der Waals surface area contributed by atoms with E-state index < -0.39 is 0 Å². The summed E-state index contributed by atoms with van der Waals surface area (Å²) in [6.07, 6.45) is 6.66. The van der Waals surface area contributed by atoms with E-state index in [1.54, 1.807) is 7.11 Å². The predicted molar refractivity (Wildman–Crippen MR) is 89.1 cm³/mol. The molecule has 1 N–H and O–H groups in total. The van der Waals surface area contributed by atoms with Gasteiger partial charge in [0.15, 0.2) is 0 Å². The topological polar surface area (TPSA) is 24.5 Å². The molecule has 1 unspecified atom stereocenters. The zero-order valence-corrected chi connectivity index (χ0v) is 13.6. The zero-order chi connectivity index (χ0) is 14.9. The van der Waals surface area contributed by atoms with E-state index in [0.717, 1.165) is 18.7 Å². The lowest BCUT2D eigenvalue weighted by atomic mass is 10.1. The second kappa shape index (κ2) is 9.06. The Morgan fingerprint density at radius 3 is 2.38 bits per heavy atom. The Bertz CT molecular complexity index is 383. The van der Waals surface area contributed by atoms with Gasteiger partial charge in [0.2, 0.25) is 0 Å². The molecule has 1 aromatic rings. The van der Waals surface area contributed by atoms with Gasteiger partial charge in [0.05, 0.1) is 7.11 Å². The third-order valence-electron chi connectivity index (χ3n) is 4.32. The van der Waals surface area contributed by atoms with E-state index in [9.17, 15) is 0 Å². The van der Waals surface area contributed by atoms with Gasteiger partial charge >= 0.3 is 0 Å². The number of hydrogen-bond donors (Lipinski definition) is 1. The lowest BCUT2D eigenvalue weighted by molar-refractivity contribution is 0.280. The van der Waals surface area contributed by atoms with E-state index in [1.807, 2.05) is 12.1 Å². The predicted octanol–water partition coefficient (Wildman–Crippen LogP) is 3.09. The first-order chi connectivity index (χ1) is 10.3. The highest BCUT2D eigenvalue weighted by atomic mass is 16.5. The standard InChI is InChI=1S/C18H30N2O/c1-16(15-17-7-9-18(21-2)10-8-17)19-11-14-20-12-5-3-4-6-13-20/h7-10,16,19H,3-6,11-15H2,1-2H3. The summed E-state index contributed by atoms with van der Waals surface area (Å²) in [6.45, 7) is 7.13. The maximum atomic E-state index is 5.20. The van der Waals surface area contributed by atoms with Crippen LogP contribution in [0.25, 0.3) is 0 Å². The fourth-order valence-electron chi connectivity index (χ4n) is 3.02. The largest absolute Gasteiger partial charge is 0.497 e. The van der Waals surface area contributed by atoms with Crippen LogP contribution in [-0.2, 0) is 6.42 Å². The fourth-order valence-corrected chi connectivity index (χ4v) is 3.02. The van der Waals surface area contributed by atoms with Crippen LogP contribution >= 0.6 is 0 Å². The molecule has 0 aromatic heterocycles. The number of hydrogen-bond acceptors (Lipinski definition) is 3. The molecule has 3 heteroatoms. The van der Waals surface area contributed by atoms with Crippen molar-refractivity contribution in [1.82, 2.24) is 10.2 Å². The van der Waals surface area contributed by atoms with Crippen LogP contribution in [0.15, 0.2) is 24.3 Å². The van der Waals surface area contributed by atoms with Gasteiger partial charge in [-0.05, 0) is 57.0 Å². The number of benzene rings is 1. The van der Waals surface area contributed by atoms with Gasteiger partial charge in [-0.2, -0.15) is 0 Å². The lowest BCUT2D eigenvalue weighted by Gasteiger charge is -2.21. The molecule has 0 radical (unpaired) electrons. The molecule has 21 heavy (non-hydrogen) atoms. The first-order valence-electron chi connectivity index (χ1n) is 8.36. The average molecular weight is 290 g/mol. The molecule has 0 bridgehead atoms. The third kappa shape index (κ3) is 6.06. The minimum Gasteiger partial charge on any atom is -0.497 e. The Kier molecular flexibility index (Phi) is 7.04. The molecule has 3 nitrogen and oxygen atoms in total. The van der Waals surface area contributed by atoms with E-state index in [2.05, 4.69) is 29.3 Å². The van der Waals surface area contributed by atoms with Crippen LogP contribution in [0.2, 0.25) is 0 Å². The van der Waals surface area contributed by atoms with E-state index in [4.69, 9.17) is 4.74 Å². The summed E-state index contributed by atoms with van der Waals surface area (Å²) in [5.74, 6) is 0.931. The molecule has 0 aliphatic carbocycles. The van der Waals surface area contributed by atoms with Gasteiger partial charge in [-0.3, -0.25) is 0 Å². The normalized spacial score (nSPS) is 18.2. The molecular formula is C18H30N2O. The van der Waals surface area contributed by atoms with Crippen molar-refractivity contribution in [2.75, 3.05) is 33.3 Å². The molecule has 0 spiro atoms. The lowest BCUT2D eigenvalue weighted by Crippen LogP contribution is -2.37. The second-order valence-electron chi connectivity index (χ2n) is 6.16. The van der Waals surface area contributed by atoms with Crippen molar-refractivity contribution < 1.29 is 4.74 Å². The minimum absolute atomic E-state index is 0.519. The summed E-state index contributed by atoms with van der Waals surface area (Å²) in [7, 11) is 1.71. The van der Waals surface area contributed by atoms with Gasteiger partial charge in [0.1, 0.15) is 5.75 Å². The Balaban J connectivity index is 1.65. The summed E-state index contributed by atoms with van der Waals surface area (Å²) in [5.41, 5.74) is 1.37. The maximum absolute atomic E-state index is 5.20. The molecule has 118 valence electrons. The molecule has 1 atom stereocenters. The number of nitrogens with one attached hydrogen (secondary N) is 1. The smallest absolute Gasteiger partial charge is 0.118 e. The highest BCUT2D eigenvalue weighted by molar-refractivity contribution is 5.27. The second-order valence-corrected chi connectivity index (χ2v) is 6.16. The van der Waals surface area contributed by atoms with Crippen molar-refractivity contribution >= 4 is 0 Å². The molecule has 1 aliphatic rings. The SMILES string of the molecule is COc1ccc(CC(C)NCCN2CCCCCC2)cc1. The van der Waals surface area contributed by atoms with Crippen LogP contribution in [0.1, 0.15) is 38.2 Å². The van der Waals surface area contributed by atoms with Gasteiger partial charge in [0.25, 0.3) is 0 Å². The van der Waals surface area contributed by atoms with Crippen molar-refractivity contribution in [1.29, 1.82) is 0 Å². The van der Waals surface area contributed by atoms with Crippen LogP contribution in [0.5, 0.6) is 5.75 Å². The first-order valence-corrected chi connectivity index (χ1v) is 8.36. The zero-order valence-electron chi connectivity index (χ0n) is 13.6. The number of rotatable bonds is 7. The average Bonchev–Trinajstić information content (AvgIpc) is 2.77. The van der Waals surface area contributed by atoms with Gasteiger partial charge < -0.3 is 15.0 Å². The quantitative estimate of drug-likeness (QED) is 0.835. The van der Waals surface area contributed by atoms with Gasteiger partial charge in [0, 0.05) is 19.1 Å². The first kappa shape index (κ1) is 16.3. The van der Waals surface area contributed by atoms with Crippen LogP contribution in [0.4, 0.5) is 0 Å². The molecule has 1 heterocycles. The monoisotopic (exact) mass is 290 g/mol. The van der Waals surface area contributed by atoms with Crippen LogP contribution in [-0.4, -0.2) is 44.2 Å². The molecular weight excluding hydrogens is 260 g/mol. The van der Waals surface area contributed by atoms with Gasteiger partial charge in [-0.25, -0.2) is 0 Å². The Labute approximate surface area is 129 Å². The summed E-state index contributed by atoms with van der Waals surface area (Å²) < 4.78 is 5.20. The Morgan fingerprint density at radius 1 is 1.10 bits per heavy atom. The van der Waals surface area contributed by atoms with E-state index in [1.165, 1.54) is 50.9 Å². The molecule has 0 saturated carbocycles. The Hall–Kier alpha value is -1.06. The van der Waals surface area contributed by atoms with Crippen LogP contribution in [0, 0.1) is 0 Å². The molecule has 1 fully saturated rings.